The molecule has 5 heteroatoms. The van der Waals surface area contributed by atoms with Crippen LogP contribution in [0.2, 0.25) is 18.1 Å². The number of esters is 1. The quantitative estimate of drug-likeness (QED) is 0.231. The molecule has 31 heavy (non-hydrogen) atoms. The van der Waals surface area contributed by atoms with Crippen LogP contribution in [-0.4, -0.2) is 20.9 Å². The Morgan fingerprint density at radius 3 is 2.16 bits per heavy atom. The molecule has 170 valence electrons. The monoisotopic (exact) mass is 458 g/mol. The number of benzene rings is 2. The summed E-state index contributed by atoms with van der Waals surface area (Å²) in [4.78, 5) is 13.7. The molecule has 0 fully saturated rings. The summed E-state index contributed by atoms with van der Waals surface area (Å²) >= 11 is 1.82. The minimum atomic E-state index is -2.00. The van der Waals surface area contributed by atoms with E-state index in [9.17, 15) is 4.79 Å². The van der Waals surface area contributed by atoms with Gasteiger partial charge in [-0.1, -0.05) is 50.7 Å². The second-order valence-corrected chi connectivity index (χ2v) is 15.5. The highest BCUT2D eigenvalue weighted by atomic mass is 32.2. The molecule has 0 amide bonds. The van der Waals surface area contributed by atoms with Crippen LogP contribution in [-0.2, 0) is 16.0 Å². The minimum absolute atomic E-state index is 0.119. The molecule has 0 bridgehead atoms. The third-order valence-electron chi connectivity index (χ3n) is 6.31. The van der Waals surface area contributed by atoms with Gasteiger partial charge in [-0.15, -0.1) is 0 Å². The van der Waals surface area contributed by atoms with E-state index in [-0.39, 0.29) is 11.0 Å². The summed E-state index contributed by atoms with van der Waals surface area (Å²) in [7, 11) is -2.00. The van der Waals surface area contributed by atoms with Gasteiger partial charge in [-0.2, -0.15) is 0 Å². The van der Waals surface area contributed by atoms with Crippen molar-refractivity contribution >= 4 is 26.0 Å². The van der Waals surface area contributed by atoms with Crippen LogP contribution in [0, 0.1) is 20.8 Å². The van der Waals surface area contributed by atoms with E-state index >= 15 is 0 Å². The van der Waals surface area contributed by atoms with Gasteiger partial charge >= 0.3 is 5.97 Å². The van der Waals surface area contributed by atoms with Crippen molar-refractivity contribution in [3.63, 3.8) is 0 Å². The van der Waals surface area contributed by atoms with Crippen LogP contribution in [0.1, 0.15) is 56.4 Å². The van der Waals surface area contributed by atoms with Gasteiger partial charge in [0.2, 0.25) is 0 Å². The fraction of sp³-hybridized carbons (Fsp3) is 0.500. The molecule has 0 aliphatic carbocycles. The maximum atomic E-state index is 11.2. The normalized spacial score (nSPS) is 12.0. The summed E-state index contributed by atoms with van der Waals surface area (Å²) in [5.41, 5.74) is 5.02. The van der Waals surface area contributed by atoms with Gasteiger partial charge in [0.25, 0.3) is 8.32 Å². The van der Waals surface area contributed by atoms with Crippen LogP contribution in [0.3, 0.4) is 0 Å². The van der Waals surface area contributed by atoms with Crippen LogP contribution in [0.5, 0.6) is 5.75 Å². The molecular formula is C26H38O3SSi. The number of carbonyl (C=O) groups excluding carboxylic acids is 1. The van der Waals surface area contributed by atoms with Crippen molar-refractivity contribution in [1.82, 2.24) is 0 Å². The smallest absolute Gasteiger partial charge is 0.302 e. The lowest BCUT2D eigenvalue weighted by Crippen LogP contribution is -2.44. The molecule has 2 rings (SSSR count). The van der Waals surface area contributed by atoms with Gasteiger partial charge < -0.3 is 9.16 Å². The molecule has 0 aliphatic heterocycles. The Labute approximate surface area is 194 Å². The maximum Gasteiger partial charge on any atom is 0.302 e. The molecular weight excluding hydrogens is 420 g/mol. The van der Waals surface area contributed by atoms with Crippen molar-refractivity contribution < 1.29 is 14.0 Å². The summed E-state index contributed by atoms with van der Waals surface area (Å²) in [6.07, 6.45) is 1.61. The highest BCUT2D eigenvalue weighted by Crippen LogP contribution is 2.45. The zero-order valence-electron chi connectivity index (χ0n) is 20.6. The Balaban J connectivity index is 2.52. The molecule has 0 aromatic heterocycles. The first-order chi connectivity index (χ1) is 14.3. The number of hydrogen-bond acceptors (Lipinski definition) is 4. The van der Waals surface area contributed by atoms with E-state index in [1.54, 1.807) is 0 Å². The maximum absolute atomic E-state index is 11.2. The molecule has 0 N–H and O–H groups in total. The number of rotatable bonds is 8. The lowest BCUT2D eigenvalue weighted by molar-refractivity contribution is -0.141. The van der Waals surface area contributed by atoms with Gasteiger partial charge in [-0.3, -0.25) is 4.79 Å². The van der Waals surface area contributed by atoms with E-state index in [2.05, 4.69) is 78.9 Å². The second kappa shape index (κ2) is 10.3. The molecule has 2 aromatic rings. The zero-order chi connectivity index (χ0) is 23.4. The Bertz CT molecular complexity index is 915. The number of ether oxygens (including phenoxy) is 1. The summed E-state index contributed by atoms with van der Waals surface area (Å²) in [6.45, 7) is 19.9. The molecule has 0 aliphatic rings. The van der Waals surface area contributed by atoms with E-state index in [0.717, 1.165) is 18.6 Å². The van der Waals surface area contributed by atoms with Crippen LogP contribution in [0.25, 0.3) is 0 Å². The molecule has 0 spiro atoms. The molecule has 3 nitrogen and oxygen atoms in total. The Morgan fingerprint density at radius 1 is 1.00 bits per heavy atom. The highest BCUT2D eigenvalue weighted by molar-refractivity contribution is 7.99. The first-order valence-electron chi connectivity index (χ1n) is 11.0. The van der Waals surface area contributed by atoms with Crippen molar-refractivity contribution in [3.05, 3.63) is 52.6 Å². The van der Waals surface area contributed by atoms with Crippen molar-refractivity contribution in [1.29, 1.82) is 0 Å². The molecule has 0 atom stereocenters. The number of hydrogen-bond donors (Lipinski definition) is 0. The molecule has 2 aromatic carbocycles. The zero-order valence-corrected chi connectivity index (χ0v) is 22.5. The van der Waals surface area contributed by atoms with Gasteiger partial charge in [0, 0.05) is 16.7 Å². The largest absolute Gasteiger partial charge is 0.543 e. The molecule has 0 heterocycles. The Kier molecular flexibility index (Phi) is 8.45. The van der Waals surface area contributed by atoms with Crippen molar-refractivity contribution in [2.45, 2.75) is 89.2 Å². The summed E-state index contributed by atoms with van der Waals surface area (Å²) in [6, 6.07) is 10.5. The van der Waals surface area contributed by atoms with Crippen LogP contribution in [0.4, 0.5) is 0 Å². The van der Waals surface area contributed by atoms with Crippen LogP contribution >= 0.6 is 11.8 Å². The topological polar surface area (TPSA) is 35.5 Å². The fourth-order valence-corrected chi connectivity index (χ4v) is 5.43. The summed E-state index contributed by atoms with van der Waals surface area (Å²) < 4.78 is 12.1. The third-order valence-corrected chi connectivity index (χ3v) is 12.0. The lowest BCUT2D eigenvalue weighted by atomic mass is 9.96. The van der Waals surface area contributed by atoms with E-state index in [1.165, 1.54) is 39.0 Å². The highest BCUT2D eigenvalue weighted by Gasteiger charge is 2.40. The fourth-order valence-electron chi connectivity index (χ4n) is 3.23. The van der Waals surface area contributed by atoms with E-state index < -0.39 is 8.32 Å². The summed E-state index contributed by atoms with van der Waals surface area (Å²) in [5.74, 6) is 0.816. The average Bonchev–Trinajstić information content (AvgIpc) is 2.68. The minimum Gasteiger partial charge on any atom is -0.543 e. The number of carbonyl (C=O) groups is 1. The first-order valence-corrected chi connectivity index (χ1v) is 14.8. The first kappa shape index (κ1) is 25.5. The van der Waals surface area contributed by atoms with Crippen LogP contribution < -0.4 is 4.43 Å². The van der Waals surface area contributed by atoms with E-state index in [0.29, 0.717) is 6.61 Å². The van der Waals surface area contributed by atoms with Gasteiger partial charge in [0.1, 0.15) is 5.75 Å². The molecule has 0 saturated carbocycles. The average molecular weight is 459 g/mol. The van der Waals surface area contributed by atoms with Crippen molar-refractivity contribution in [2.24, 2.45) is 0 Å². The van der Waals surface area contributed by atoms with Crippen LogP contribution in [0.15, 0.2) is 40.1 Å². The Morgan fingerprint density at radius 2 is 1.61 bits per heavy atom. The molecule has 0 radical (unpaired) electrons. The van der Waals surface area contributed by atoms with Gasteiger partial charge in [-0.05, 0) is 86.1 Å². The second-order valence-electron chi connectivity index (χ2n) is 9.73. The van der Waals surface area contributed by atoms with Gasteiger partial charge in [0.05, 0.1) is 6.61 Å². The van der Waals surface area contributed by atoms with E-state index in [1.807, 2.05) is 17.8 Å². The standard InChI is InChI=1S/C26H38O3SSi/c1-18-19(2)25(30-22-14-11-10-12-15-22)20(3)23(16-13-17-28-21(4)27)24(18)29-31(8,9)26(5,6)7/h10-12,14-15H,13,16-17H2,1-9H3. The third kappa shape index (κ3) is 6.39. The molecule has 0 unspecified atom stereocenters. The van der Waals surface area contributed by atoms with E-state index in [4.69, 9.17) is 9.16 Å². The predicted molar refractivity (Wildman–Crippen MR) is 134 cm³/mol. The lowest BCUT2D eigenvalue weighted by Gasteiger charge is -2.38. The predicted octanol–water partition coefficient (Wildman–Crippen LogP) is 7.64. The van der Waals surface area contributed by atoms with Gasteiger partial charge in [-0.25, -0.2) is 0 Å². The van der Waals surface area contributed by atoms with Gasteiger partial charge in [0.15, 0.2) is 0 Å². The Hall–Kier alpha value is -1.72. The summed E-state index contributed by atoms with van der Waals surface area (Å²) in [5, 5.41) is 0.119. The SMILES string of the molecule is CC(=O)OCCCc1c(C)c(Sc2ccccc2)c(C)c(C)c1O[Si](C)(C)C(C)(C)C. The van der Waals surface area contributed by atoms with Crippen molar-refractivity contribution in [2.75, 3.05) is 6.61 Å². The van der Waals surface area contributed by atoms with Crippen molar-refractivity contribution in [3.8, 4) is 5.75 Å². The molecule has 0 saturated heterocycles.